The van der Waals surface area contributed by atoms with Crippen molar-refractivity contribution >= 4 is 27.6 Å². The van der Waals surface area contributed by atoms with Crippen molar-refractivity contribution in [3.63, 3.8) is 0 Å². The van der Waals surface area contributed by atoms with Gasteiger partial charge in [-0.3, -0.25) is 0 Å². The number of carbonyl (C=O) groups is 1. The van der Waals surface area contributed by atoms with Crippen molar-refractivity contribution in [1.82, 2.24) is 0 Å². The average Bonchev–Trinajstić information content (AvgIpc) is 2.37. The summed E-state index contributed by atoms with van der Waals surface area (Å²) in [4.78, 5) is 11.6. The van der Waals surface area contributed by atoms with Gasteiger partial charge in [0.05, 0.1) is 18.3 Å². The molecule has 0 aromatic heterocycles. The predicted molar refractivity (Wildman–Crippen MR) is 71.6 cm³/mol. The number of aliphatic hydroxyl groups is 2. The van der Waals surface area contributed by atoms with Crippen LogP contribution in [0.5, 0.6) is 0 Å². The van der Waals surface area contributed by atoms with Gasteiger partial charge in [0, 0.05) is 11.0 Å². The lowest BCUT2D eigenvalue weighted by molar-refractivity contribution is 0.0340. The Balaban J connectivity index is 3.03. The number of carbonyl (C=O) groups excluding carboxylic acids is 1. The molecule has 0 bridgehead atoms. The Kier molecular flexibility index (Phi) is 5.58. The molecule has 0 aliphatic carbocycles. The number of esters is 1. The van der Waals surface area contributed by atoms with E-state index in [0.717, 1.165) is 0 Å². The van der Waals surface area contributed by atoms with Crippen LogP contribution in [0, 0.1) is 0 Å². The summed E-state index contributed by atoms with van der Waals surface area (Å²) < 4.78 is 4.86. The Hall–Kier alpha value is -1.11. The molecule has 0 radical (unpaired) electrons. The highest BCUT2D eigenvalue weighted by atomic mass is 79.9. The zero-order valence-electron chi connectivity index (χ0n) is 9.97. The standard InChI is InChI=1S/C12H16BrNO4/c1-2-18-12(17)8-5-7(3-4-9(8)14)11(16)10(15)6-13/h3-5,10-11,15-16H,2,6,14H2,1H3. The summed E-state index contributed by atoms with van der Waals surface area (Å²) in [6.45, 7) is 1.94. The Morgan fingerprint density at radius 3 is 2.72 bits per heavy atom. The van der Waals surface area contributed by atoms with Crippen molar-refractivity contribution in [3.8, 4) is 0 Å². The van der Waals surface area contributed by atoms with Crippen LogP contribution in [0.15, 0.2) is 18.2 Å². The summed E-state index contributed by atoms with van der Waals surface area (Å²) >= 11 is 3.07. The topological polar surface area (TPSA) is 92.8 Å². The second-order valence-electron chi connectivity index (χ2n) is 3.73. The van der Waals surface area contributed by atoms with Gasteiger partial charge in [0.2, 0.25) is 0 Å². The normalized spacial score (nSPS) is 14.0. The third kappa shape index (κ3) is 3.44. The molecule has 100 valence electrons. The number of anilines is 1. The molecule has 0 amide bonds. The molecule has 0 saturated carbocycles. The highest BCUT2D eigenvalue weighted by Gasteiger charge is 2.20. The summed E-state index contributed by atoms with van der Waals surface area (Å²) in [6, 6.07) is 4.50. The van der Waals surface area contributed by atoms with Crippen molar-refractivity contribution in [2.24, 2.45) is 0 Å². The van der Waals surface area contributed by atoms with E-state index in [1.54, 1.807) is 13.0 Å². The summed E-state index contributed by atoms with van der Waals surface area (Å²) in [5.74, 6) is -0.544. The van der Waals surface area contributed by atoms with Crippen LogP contribution in [0.25, 0.3) is 0 Å². The lowest BCUT2D eigenvalue weighted by Gasteiger charge is -2.17. The van der Waals surface area contributed by atoms with Gasteiger partial charge < -0.3 is 20.7 Å². The lowest BCUT2D eigenvalue weighted by Crippen LogP contribution is -2.20. The van der Waals surface area contributed by atoms with Crippen LogP contribution in [0.3, 0.4) is 0 Å². The van der Waals surface area contributed by atoms with Crippen LogP contribution in [-0.4, -0.2) is 34.2 Å². The number of benzene rings is 1. The van der Waals surface area contributed by atoms with E-state index in [9.17, 15) is 15.0 Å². The third-order valence-corrected chi connectivity index (χ3v) is 3.10. The molecule has 6 heteroatoms. The minimum atomic E-state index is -1.09. The van der Waals surface area contributed by atoms with Crippen LogP contribution in [-0.2, 0) is 4.74 Å². The maximum absolute atomic E-state index is 11.6. The molecule has 0 aliphatic rings. The number of nitrogens with two attached hydrogens (primary N) is 1. The zero-order chi connectivity index (χ0) is 13.7. The van der Waals surface area contributed by atoms with Gasteiger partial charge in [-0.05, 0) is 24.6 Å². The number of alkyl halides is 1. The monoisotopic (exact) mass is 317 g/mol. The molecule has 1 aromatic carbocycles. The van der Waals surface area contributed by atoms with Gasteiger partial charge >= 0.3 is 5.97 Å². The molecular weight excluding hydrogens is 302 g/mol. The molecule has 4 N–H and O–H groups in total. The molecular formula is C12H16BrNO4. The average molecular weight is 318 g/mol. The van der Waals surface area contributed by atoms with E-state index in [0.29, 0.717) is 5.56 Å². The van der Waals surface area contributed by atoms with E-state index in [1.165, 1.54) is 12.1 Å². The van der Waals surface area contributed by atoms with Crippen molar-refractivity contribution in [2.75, 3.05) is 17.7 Å². The zero-order valence-corrected chi connectivity index (χ0v) is 11.6. The van der Waals surface area contributed by atoms with Gasteiger partial charge in [-0.2, -0.15) is 0 Å². The molecule has 0 aliphatic heterocycles. The SMILES string of the molecule is CCOC(=O)c1cc(C(O)C(O)CBr)ccc1N. The molecule has 2 unspecified atom stereocenters. The molecule has 0 heterocycles. The molecule has 1 aromatic rings. The quantitative estimate of drug-likeness (QED) is 0.431. The highest BCUT2D eigenvalue weighted by molar-refractivity contribution is 9.09. The van der Waals surface area contributed by atoms with E-state index in [1.807, 2.05) is 0 Å². The van der Waals surface area contributed by atoms with Gasteiger partial charge in [-0.15, -0.1) is 0 Å². The van der Waals surface area contributed by atoms with E-state index in [2.05, 4.69) is 15.9 Å². The van der Waals surface area contributed by atoms with Crippen molar-refractivity contribution in [3.05, 3.63) is 29.3 Å². The first-order valence-electron chi connectivity index (χ1n) is 5.49. The van der Waals surface area contributed by atoms with E-state index >= 15 is 0 Å². The van der Waals surface area contributed by atoms with Crippen molar-refractivity contribution in [2.45, 2.75) is 19.1 Å². The largest absolute Gasteiger partial charge is 0.462 e. The number of rotatable bonds is 5. The van der Waals surface area contributed by atoms with E-state index in [-0.39, 0.29) is 23.2 Å². The minimum absolute atomic E-state index is 0.190. The van der Waals surface area contributed by atoms with Crippen LogP contribution >= 0.6 is 15.9 Å². The summed E-state index contributed by atoms with van der Waals surface area (Å²) in [7, 11) is 0. The summed E-state index contributed by atoms with van der Waals surface area (Å²) in [5, 5.41) is 19.6. The number of aliphatic hydroxyl groups excluding tert-OH is 2. The molecule has 5 nitrogen and oxygen atoms in total. The van der Waals surface area contributed by atoms with Gasteiger partial charge in [-0.1, -0.05) is 22.0 Å². The fourth-order valence-electron chi connectivity index (χ4n) is 1.45. The van der Waals surface area contributed by atoms with Crippen LogP contribution < -0.4 is 5.73 Å². The second-order valence-corrected chi connectivity index (χ2v) is 4.38. The first-order valence-corrected chi connectivity index (χ1v) is 6.62. The first kappa shape index (κ1) is 14.9. The molecule has 0 spiro atoms. The maximum atomic E-state index is 11.6. The van der Waals surface area contributed by atoms with Crippen LogP contribution in [0.1, 0.15) is 28.9 Å². The van der Waals surface area contributed by atoms with Gasteiger partial charge in [0.15, 0.2) is 0 Å². The second kappa shape index (κ2) is 6.72. The molecule has 0 fully saturated rings. The number of hydrogen-bond acceptors (Lipinski definition) is 5. The van der Waals surface area contributed by atoms with Crippen LogP contribution in [0.4, 0.5) is 5.69 Å². The van der Waals surface area contributed by atoms with Crippen LogP contribution in [0.2, 0.25) is 0 Å². The molecule has 0 saturated heterocycles. The van der Waals surface area contributed by atoms with Gasteiger partial charge in [-0.25, -0.2) is 4.79 Å². The Labute approximate surface area is 114 Å². The smallest absolute Gasteiger partial charge is 0.340 e. The summed E-state index contributed by atoms with van der Waals surface area (Å²) in [6.07, 6.45) is -2.04. The van der Waals surface area contributed by atoms with E-state index in [4.69, 9.17) is 10.5 Å². The fourth-order valence-corrected chi connectivity index (χ4v) is 1.80. The molecule has 18 heavy (non-hydrogen) atoms. The van der Waals surface area contributed by atoms with Gasteiger partial charge in [0.25, 0.3) is 0 Å². The lowest BCUT2D eigenvalue weighted by atomic mass is 10.0. The number of nitrogen functional groups attached to an aromatic ring is 1. The number of halogens is 1. The van der Waals surface area contributed by atoms with Crippen molar-refractivity contribution < 1.29 is 19.7 Å². The van der Waals surface area contributed by atoms with Gasteiger partial charge in [0.1, 0.15) is 6.10 Å². The summed E-state index contributed by atoms with van der Waals surface area (Å²) in [5.41, 5.74) is 6.56. The maximum Gasteiger partial charge on any atom is 0.340 e. The number of hydrogen-bond donors (Lipinski definition) is 3. The molecule has 2 atom stereocenters. The fraction of sp³-hybridized carbons (Fsp3) is 0.417. The first-order chi connectivity index (χ1) is 8.51. The Morgan fingerprint density at radius 1 is 1.50 bits per heavy atom. The minimum Gasteiger partial charge on any atom is -0.462 e. The highest BCUT2D eigenvalue weighted by Crippen LogP contribution is 2.23. The number of ether oxygens (including phenoxy) is 1. The van der Waals surface area contributed by atoms with Crippen molar-refractivity contribution in [1.29, 1.82) is 0 Å². The Morgan fingerprint density at radius 2 is 2.17 bits per heavy atom. The predicted octanol–water partition coefficient (Wildman–Crippen LogP) is 1.23. The van der Waals surface area contributed by atoms with E-state index < -0.39 is 18.2 Å². The third-order valence-electron chi connectivity index (χ3n) is 2.44. The molecule has 1 rings (SSSR count). The Bertz CT molecular complexity index is 425.